The molecule has 15 nitrogen and oxygen atoms in total. The largest absolute Gasteiger partial charge is 0.453 e. The molecule has 3 aromatic rings. The number of aromatic nitrogens is 4. The summed E-state index contributed by atoms with van der Waals surface area (Å²) in [6.45, 7) is 1.59. The second-order valence-corrected chi connectivity index (χ2v) is 9.81. The number of fused-ring (bicyclic) bond motifs is 1. The number of rotatable bonds is 9. The molecular weight excluding hydrogens is 554 g/mol. The van der Waals surface area contributed by atoms with E-state index in [1.165, 1.54) is 16.8 Å². The number of nitriles is 2. The molecule has 2 aliphatic rings. The Kier molecular flexibility index (Phi) is 8.30. The van der Waals surface area contributed by atoms with E-state index in [-0.39, 0.29) is 58.0 Å². The van der Waals surface area contributed by atoms with Crippen molar-refractivity contribution in [2.75, 3.05) is 42.7 Å². The zero-order valence-electron chi connectivity index (χ0n) is 22.0. The van der Waals surface area contributed by atoms with Gasteiger partial charge in [0.2, 0.25) is 5.95 Å². The lowest BCUT2D eigenvalue weighted by Gasteiger charge is -2.23. The van der Waals surface area contributed by atoms with Crippen LogP contribution >= 0.6 is 11.6 Å². The lowest BCUT2D eigenvalue weighted by molar-refractivity contribution is -0.133. The van der Waals surface area contributed by atoms with Crippen LogP contribution in [-0.2, 0) is 9.53 Å². The number of hydrogen-bond acceptors (Lipinski definition) is 13. The van der Waals surface area contributed by atoms with Gasteiger partial charge >= 0.3 is 12.1 Å². The van der Waals surface area contributed by atoms with E-state index >= 15 is 0 Å². The normalized spacial score (nSPS) is 16.3. The minimum Gasteiger partial charge on any atom is -0.453 e. The molecule has 1 aromatic carbocycles. The zero-order valence-corrected chi connectivity index (χ0v) is 22.7. The molecular formula is C25H26ClN11O4. The average Bonchev–Trinajstić information content (AvgIpc) is 3.71. The van der Waals surface area contributed by atoms with Crippen molar-refractivity contribution in [1.82, 2.24) is 30.2 Å². The van der Waals surface area contributed by atoms with Gasteiger partial charge in [-0.25, -0.2) is 9.78 Å². The van der Waals surface area contributed by atoms with Crippen molar-refractivity contribution in [2.45, 2.75) is 37.8 Å². The molecule has 1 saturated heterocycles. The Morgan fingerprint density at radius 1 is 1.22 bits per heavy atom. The highest BCUT2D eigenvalue weighted by Crippen LogP contribution is 2.42. The summed E-state index contributed by atoms with van der Waals surface area (Å²) >= 11 is 6.69. The molecule has 0 unspecified atom stereocenters. The molecule has 16 heteroatoms. The maximum absolute atomic E-state index is 12.7. The average molecular weight is 580 g/mol. The van der Waals surface area contributed by atoms with Crippen molar-refractivity contribution in [3.05, 3.63) is 28.5 Å². The number of methoxy groups -OCH3 is 1. The Morgan fingerprint density at radius 2 is 2.05 bits per heavy atom. The van der Waals surface area contributed by atoms with Crippen LogP contribution in [-0.4, -0.2) is 70.5 Å². The Hall–Kier alpha value is -4.70. The summed E-state index contributed by atoms with van der Waals surface area (Å²) in [7, 11) is 1.16. The Bertz CT molecular complexity index is 1570. The number of esters is 1. The third-order valence-electron chi connectivity index (χ3n) is 6.45. The van der Waals surface area contributed by atoms with E-state index in [2.05, 4.69) is 41.7 Å². The Labute approximate surface area is 239 Å². The summed E-state index contributed by atoms with van der Waals surface area (Å²) in [5, 5.41) is 38.7. The molecule has 0 bridgehead atoms. The molecule has 1 aliphatic carbocycles. The number of benzene rings is 1. The van der Waals surface area contributed by atoms with E-state index in [4.69, 9.17) is 21.1 Å². The van der Waals surface area contributed by atoms with Gasteiger partial charge in [0.05, 0.1) is 36.8 Å². The monoisotopic (exact) mass is 579 g/mol. The molecule has 1 atom stereocenters. The van der Waals surface area contributed by atoms with Crippen LogP contribution in [0.25, 0.3) is 5.65 Å². The molecule has 1 saturated carbocycles. The SMILES string of the molecule is COC(=O)Nc1c(C#N)cc(OC(=O)CN[C@H]2CCCNC2)c(Cl)c1Nc1nc(NC2CC2)c2ncc(C#N)n2n1. The van der Waals surface area contributed by atoms with Crippen molar-refractivity contribution in [2.24, 2.45) is 0 Å². The number of nitrogens with one attached hydrogen (secondary N) is 5. The first-order chi connectivity index (χ1) is 19.9. The van der Waals surface area contributed by atoms with Gasteiger partial charge < -0.3 is 30.7 Å². The van der Waals surface area contributed by atoms with E-state index in [1.807, 2.05) is 12.1 Å². The number of halogens is 1. The number of nitrogens with zero attached hydrogens (tertiary/aromatic N) is 6. The number of carbonyl (C=O) groups is 2. The summed E-state index contributed by atoms with van der Waals surface area (Å²) in [5.74, 6) is -0.403. The lowest BCUT2D eigenvalue weighted by Crippen LogP contribution is -2.45. The molecule has 5 N–H and O–H groups in total. The van der Waals surface area contributed by atoms with Crippen LogP contribution in [0.3, 0.4) is 0 Å². The molecule has 2 aromatic heterocycles. The number of ether oxygens (including phenoxy) is 2. The van der Waals surface area contributed by atoms with Crippen LogP contribution in [0.1, 0.15) is 36.9 Å². The number of imidazole rings is 1. The second-order valence-electron chi connectivity index (χ2n) is 9.43. The van der Waals surface area contributed by atoms with E-state index in [0.29, 0.717) is 11.5 Å². The maximum Gasteiger partial charge on any atom is 0.411 e. The van der Waals surface area contributed by atoms with Crippen LogP contribution in [0.15, 0.2) is 12.3 Å². The number of anilines is 4. The molecule has 0 radical (unpaired) electrons. The molecule has 5 rings (SSSR count). The molecule has 0 spiro atoms. The summed E-state index contributed by atoms with van der Waals surface area (Å²) in [5.41, 5.74) is 0.344. The summed E-state index contributed by atoms with van der Waals surface area (Å²) in [4.78, 5) is 33.6. The summed E-state index contributed by atoms with van der Waals surface area (Å²) < 4.78 is 11.5. The van der Waals surface area contributed by atoms with Crippen molar-refractivity contribution >= 4 is 52.5 Å². The van der Waals surface area contributed by atoms with Gasteiger partial charge in [0.15, 0.2) is 22.9 Å². The van der Waals surface area contributed by atoms with E-state index < -0.39 is 12.1 Å². The zero-order chi connectivity index (χ0) is 28.9. The molecule has 2 fully saturated rings. The van der Waals surface area contributed by atoms with E-state index in [1.54, 1.807) is 0 Å². The van der Waals surface area contributed by atoms with Crippen LogP contribution in [0, 0.1) is 22.7 Å². The van der Waals surface area contributed by atoms with Gasteiger partial charge in [0.25, 0.3) is 0 Å². The second kappa shape index (κ2) is 12.2. The summed E-state index contributed by atoms with van der Waals surface area (Å²) in [6.07, 6.45) is 4.32. The van der Waals surface area contributed by atoms with Crippen LogP contribution in [0.4, 0.5) is 27.9 Å². The first kappa shape index (κ1) is 27.9. The quantitative estimate of drug-likeness (QED) is 0.182. The lowest BCUT2D eigenvalue weighted by atomic mass is 10.1. The smallest absolute Gasteiger partial charge is 0.411 e. The van der Waals surface area contributed by atoms with Crippen LogP contribution in [0.5, 0.6) is 5.75 Å². The van der Waals surface area contributed by atoms with Crippen molar-refractivity contribution in [1.29, 1.82) is 10.5 Å². The number of hydrogen-bond donors (Lipinski definition) is 5. The van der Waals surface area contributed by atoms with E-state index in [9.17, 15) is 20.1 Å². The van der Waals surface area contributed by atoms with Crippen molar-refractivity contribution in [3.8, 4) is 17.9 Å². The van der Waals surface area contributed by atoms with Crippen molar-refractivity contribution in [3.63, 3.8) is 0 Å². The highest BCUT2D eigenvalue weighted by atomic mass is 35.5. The fraction of sp³-hybridized carbons (Fsp3) is 0.400. The third-order valence-corrected chi connectivity index (χ3v) is 6.83. The first-order valence-corrected chi connectivity index (χ1v) is 13.2. The molecule has 1 aliphatic heterocycles. The predicted octanol–water partition coefficient (Wildman–Crippen LogP) is 2.26. The summed E-state index contributed by atoms with van der Waals surface area (Å²) in [6, 6.07) is 5.56. The fourth-order valence-electron chi connectivity index (χ4n) is 4.25. The third kappa shape index (κ3) is 6.38. The molecule has 212 valence electrons. The van der Waals surface area contributed by atoms with Gasteiger partial charge in [0, 0.05) is 24.7 Å². The Morgan fingerprint density at radius 3 is 2.73 bits per heavy atom. The first-order valence-electron chi connectivity index (χ1n) is 12.9. The minimum absolute atomic E-state index is 0.0290. The molecule has 3 heterocycles. The highest BCUT2D eigenvalue weighted by Gasteiger charge is 2.26. The van der Waals surface area contributed by atoms with Gasteiger partial charge in [0.1, 0.15) is 17.2 Å². The fourth-order valence-corrected chi connectivity index (χ4v) is 4.48. The van der Waals surface area contributed by atoms with Gasteiger partial charge in [-0.05, 0) is 32.2 Å². The van der Waals surface area contributed by atoms with Gasteiger partial charge in [-0.1, -0.05) is 11.6 Å². The number of carbonyl (C=O) groups excluding carboxylic acids is 2. The topological polar surface area (TPSA) is 203 Å². The number of piperidine rings is 1. The number of amides is 1. The van der Waals surface area contributed by atoms with Gasteiger partial charge in [-0.15, -0.1) is 5.10 Å². The van der Waals surface area contributed by atoms with Crippen LogP contribution < -0.4 is 31.3 Å². The van der Waals surface area contributed by atoms with Crippen molar-refractivity contribution < 1.29 is 19.1 Å². The minimum atomic E-state index is -0.871. The van der Waals surface area contributed by atoms with Crippen LogP contribution in [0.2, 0.25) is 5.02 Å². The van der Waals surface area contributed by atoms with E-state index in [0.717, 1.165) is 45.9 Å². The van der Waals surface area contributed by atoms with Gasteiger partial charge in [-0.2, -0.15) is 20.0 Å². The Balaban J connectivity index is 1.50. The van der Waals surface area contributed by atoms with Gasteiger partial charge in [-0.3, -0.25) is 10.1 Å². The standard InChI is InChI=1S/C25H26ClN11O4/c1-40-25(39)34-20-13(8-27)7-17(41-18(38)12-30-15-3-2-6-29-10-15)19(26)21(20)33-24-35-22(32-14-4-5-14)23-31-11-16(9-28)37(23)36-24/h7,11,14-15,29-30H,2-6,10,12H2,1H3,(H,34,39)(H2,32,33,35,36)/t15-/m0/s1. The highest BCUT2D eigenvalue weighted by molar-refractivity contribution is 6.36. The maximum atomic E-state index is 12.7. The molecule has 41 heavy (non-hydrogen) atoms. The predicted molar refractivity (Wildman–Crippen MR) is 147 cm³/mol. The molecule has 1 amide bonds.